The lowest BCUT2D eigenvalue weighted by molar-refractivity contribution is 0.210. The first-order valence-corrected chi connectivity index (χ1v) is 6.92. The zero-order valence-electron chi connectivity index (χ0n) is 11.9. The van der Waals surface area contributed by atoms with E-state index >= 15 is 0 Å². The molecule has 106 valence electrons. The molecule has 19 heavy (non-hydrogen) atoms. The van der Waals surface area contributed by atoms with Gasteiger partial charge in [-0.05, 0) is 19.4 Å². The van der Waals surface area contributed by atoms with Crippen LogP contribution in [0.1, 0.15) is 38.9 Å². The van der Waals surface area contributed by atoms with Crippen molar-refractivity contribution >= 4 is 5.84 Å². The van der Waals surface area contributed by atoms with E-state index in [1.165, 1.54) is 0 Å². The van der Waals surface area contributed by atoms with Gasteiger partial charge in [0, 0.05) is 18.5 Å². The van der Waals surface area contributed by atoms with Crippen LogP contribution in [0.4, 0.5) is 0 Å². The Bertz CT molecular complexity index is 436. The van der Waals surface area contributed by atoms with Gasteiger partial charge in [0.15, 0.2) is 0 Å². The predicted molar refractivity (Wildman–Crippen MR) is 74.8 cm³/mol. The molecule has 0 saturated heterocycles. The largest absolute Gasteiger partial charge is 0.387 e. The number of fused-ring (bicyclic) bond motifs is 1. The SMILES string of the molecule is CC(C)(CCCCN1CCn2cnnc2C1)C(=N)N. The maximum absolute atomic E-state index is 7.54. The zero-order valence-corrected chi connectivity index (χ0v) is 11.9. The second kappa shape index (κ2) is 5.69. The molecule has 0 aliphatic carbocycles. The Balaban J connectivity index is 1.69. The van der Waals surface area contributed by atoms with Gasteiger partial charge in [-0.1, -0.05) is 20.3 Å². The van der Waals surface area contributed by atoms with E-state index in [9.17, 15) is 0 Å². The summed E-state index contributed by atoms with van der Waals surface area (Å²) in [4.78, 5) is 2.42. The summed E-state index contributed by atoms with van der Waals surface area (Å²) in [6.07, 6.45) is 5.04. The fraction of sp³-hybridized carbons (Fsp3) is 0.769. The van der Waals surface area contributed by atoms with Crippen LogP contribution in [-0.4, -0.2) is 38.6 Å². The van der Waals surface area contributed by atoms with Crippen molar-refractivity contribution < 1.29 is 0 Å². The highest BCUT2D eigenvalue weighted by molar-refractivity contribution is 5.82. The summed E-state index contributed by atoms with van der Waals surface area (Å²) in [6.45, 7) is 8.12. The van der Waals surface area contributed by atoms with Gasteiger partial charge in [-0.15, -0.1) is 10.2 Å². The number of nitrogens with zero attached hydrogens (tertiary/aromatic N) is 4. The van der Waals surface area contributed by atoms with Crippen LogP contribution in [0.25, 0.3) is 0 Å². The van der Waals surface area contributed by atoms with Crippen molar-refractivity contribution in [2.24, 2.45) is 11.1 Å². The van der Waals surface area contributed by atoms with Crippen molar-refractivity contribution in [3.63, 3.8) is 0 Å². The van der Waals surface area contributed by atoms with Gasteiger partial charge < -0.3 is 10.3 Å². The number of hydrogen-bond acceptors (Lipinski definition) is 4. The van der Waals surface area contributed by atoms with Gasteiger partial charge >= 0.3 is 0 Å². The highest BCUT2D eigenvalue weighted by Gasteiger charge is 2.21. The van der Waals surface area contributed by atoms with E-state index in [2.05, 4.69) is 19.7 Å². The van der Waals surface area contributed by atoms with Gasteiger partial charge in [0.1, 0.15) is 12.2 Å². The van der Waals surface area contributed by atoms with Crippen LogP contribution in [-0.2, 0) is 13.1 Å². The monoisotopic (exact) mass is 264 g/mol. The number of unbranched alkanes of at least 4 members (excludes halogenated alkanes) is 1. The van der Waals surface area contributed by atoms with Crippen LogP contribution in [0.3, 0.4) is 0 Å². The lowest BCUT2D eigenvalue weighted by atomic mass is 9.86. The first-order chi connectivity index (χ1) is 8.99. The third-order valence-electron chi connectivity index (χ3n) is 3.97. The summed E-state index contributed by atoms with van der Waals surface area (Å²) in [5, 5.41) is 15.6. The highest BCUT2D eigenvalue weighted by Crippen LogP contribution is 2.23. The molecular formula is C13H24N6. The van der Waals surface area contributed by atoms with Crippen LogP contribution < -0.4 is 5.73 Å². The molecule has 0 saturated carbocycles. The van der Waals surface area contributed by atoms with Crippen molar-refractivity contribution in [1.29, 1.82) is 5.41 Å². The smallest absolute Gasteiger partial charge is 0.147 e. The van der Waals surface area contributed by atoms with Crippen molar-refractivity contribution in [3.05, 3.63) is 12.2 Å². The number of aromatic nitrogens is 3. The van der Waals surface area contributed by atoms with Crippen molar-refractivity contribution in [3.8, 4) is 0 Å². The molecular weight excluding hydrogens is 240 g/mol. The van der Waals surface area contributed by atoms with E-state index in [1.54, 1.807) is 0 Å². The van der Waals surface area contributed by atoms with E-state index in [4.69, 9.17) is 11.1 Å². The fourth-order valence-corrected chi connectivity index (χ4v) is 2.34. The number of hydrogen-bond donors (Lipinski definition) is 2. The first kappa shape index (κ1) is 14.0. The Morgan fingerprint density at radius 3 is 2.95 bits per heavy atom. The summed E-state index contributed by atoms with van der Waals surface area (Å²) in [6, 6.07) is 0. The molecule has 0 aromatic carbocycles. The van der Waals surface area contributed by atoms with Crippen LogP contribution >= 0.6 is 0 Å². The van der Waals surface area contributed by atoms with Crippen LogP contribution in [0.15, 0.2) is 6.33 Å². The summed E-state index contributed by atoms with van der Waals surface area (Å²) < 4.78 is 2.12. The normalized spacial score (nSPS) is 16.3. The van der Waals surface area contributed by atoms with Crippen LogP contribution in [0.5, 0.6) is 0 Å². The summed E-state index contributed by atoms with van der Waals surface area (Å²) in [7, 11) is 0. The highest BCUT2D eigenvalue weighted by atomic mass is 15.3. The molecule has 6 nitrogen and oxygen atoms in total. The van der Waals surface area contributed by atoms with Gasteiger partial charge in [0.2, 0.25) is 0 Å². The number of rotatable bonds is 6. The molecule has 0 unspecified atom stereocenters. The van der Waals surface area contributed by atoms with Gasteiger partial charge in [-0.3, -0.25) is 10.3 Å². The van der Waals surface area contributed by atoms with E-state index in [0.717, 1.165) is 51.3 Å². The molecule has 2 rings (SSSR count). The third-order valence-corrected chi connectivity index (χ3v) is 3.97. The van der Waals surface area contributed by atoms with Gasteiger partial charge in [0.25, 0.3) is 0 Å². The number of nitrogens with two attached hydrogens (primary N) is 1. The lowest BCUT2D eigenvalue weighted by Gasteiger charge is -2.27. The Morgan fingerprint density at radius 2 is 2.21 bits per heavy atom. The van der Waals surface area contributed by atoms with Gasteiger partial charge in [-0.2, -0.15) is 0 Å². The van der Waals surface area contributed by atoms with E-state index in [1.807, 2.05) is 20.2 Å². The summed E-state index contributed by atoms with van der Waals surface area (Å²) in [5.41, 5.74) is 5.43. The lowest BCUT2D eigenvalue weighted by Crippen LogP contribution is -2.34. The standard InChI is InChI=1S/C13H24N6/c1-13(2,12(14)15)5-3-4-6-18-7-8-19-10-16-17-11(19)9-18/h10H,3-9H2,1-2H3,(H3,14,15). The van der Waals surface area contributed by atoms with E-state index < -0.39 is 0 Å². The molecule has 1 aliphatic heterocycles. The molecule has 0 fully saturated rings. The second-order valence-electron chi connectivity index (χ2n) is 5.97. The topological polar surface area (TPSA) is 83.8 Å². The predicted octanol–water partition coefficient (Wildman–Crippen LogP) is 1.23. The molecule has 0 spiro atoms. The van der Waals surface area contributed by atoms with Crippen molar-refractivity contribution in [1.82, 2.24) is 19.7 Å². The van der Waals surface area contributed by atoms with Gasteiger partial charge in [-0.25, -0.2) is 0 Å². The number of nitrogens with one attached hydrogen (secondary N) is 1. The zero-order chi connectivity index (χ0) is 13.9. The third kappa shape index (κ3) is 3.53. The molecule has 0 amide bonds. The maximum Gasteiger partial charge on any atom is 0.147 e. The number of amidine groups is 1. The second-order valence-corrected chi connectivity index (χ2v) is 5.97. The summed E-state index contributed by atoms with van der Waals surface area (Å²) >= 11 is 0. The minimum Gasteiger partial charge on any atom is -0.387 e. The van der Waals surface area contributed by atoms with E-state index in [0.29, 0.717) is 5.84 Å². The molecule has 0 bridgehead atoms. The first-order valence-electron chi connectivity index (χ1n) is 6.92. The minimum atomic E-state index is -0.165. The fourth-order valence-electron chi connectivity index (χ4n) is 2.34. The molecule has 1 aliphatic rings. The van der Waals surface area contributed by atoms with Crippen molar-refractivity contribution in [2.75, 3.05) is 13.1 Å². The van der Waals surface area contributed by atoms with Crippen LogP contribution in [0, 0.1) is 10.8 Å². The Morgan fingerprint density at radius 1 is 1.42 bits per heavy atom. The molecule has 0 radical (unpaired) electrons. The average Bonchev–Trinajstić information content (AvgIpc) is 2.81. The molecule has 1 aromatic rings. The van der Waals surface area contributed by atoms with Crippen molar-refractivity contribution in [2.45, 2.75) is 46.2 Å². The van der Waals surface area contributed by atoms with Gasteiger partial charge in [0.05, 0.1) is 12.4 Å². The molecule has 1 aromatic heterocycles. The Hall–Kier alpha value is -1.43. The minimum absolute atomic E-state index is 0.165. The summed E-state index contributed by atoms with van der Waals surface area (Å²) in [5.74, 6) is 1.36. The molecule has 0 atom stereocenters. The Kier molecular flexibility index (Phi) is 4.19. The average molecular weight is 264 g/mol. The molecule has 2 heterocycles. The quantitative estimate of drug-likeness (QED) is 0.460. The van der Waals surface area contributed by atoms with E-state index in [-0.39, 0.29) is 5.41 Å². The maximum atomic E-state index is 7.54. The Labute approximate surface area is 114 Å². The molecule has 3 N–H and O–H groups in total. The van der Waals surface area contributed by atoms with Crippen LogP contribution in [0.2, 0.25) is 0 Å². The molecule has 6 heteroatoms.